The molecule has 1 aliphatic rings. The topological polar surface area (TPSA) is 150 Å². The van der Waals surface area contributed by atoms with Crippen LogP contribution in [0.3, 0.4) is 0 Å². The quantitative estimate of drug-likeness (QED) is 0.0877. The number of aromatic nitrogens is 6. The number of benzene rings is 3. The number of rotatable bonds is 18. The SMILES string of the molecule is COc1ccccc1-c1nccc(COc2ccccc2C[C@@H](Oc2nsc3cnc(-c4ccn(CC(C)C)n4)c(-c4ccc(OCCN5CCN(C)CC5)c(Cl)c4C)c23)C(=O)O)n1. The molecule has 5 heterocycles. The minimum atomic E-state index is -1.33. The molecule has 1 N–H and O–H groups in total. The molecule has 0 radical (unpaired) electrons. The van der Waals surface area contributed by atoms with Gasteiger partial charge in [0.05, 0.1) is 39.2 Å². The maximum Gasteiger partial charge on any atom is 0.345 e. The summed E-state index contributed by atoms with van der Waals surface area (Å²) in [4.78, 5) is 31.9. The molecule has 7 aromatic rings. The zero-order valence-electron chi connectivity index (χ0n) is 36.5. The second-order valence-corrected chi connectivity index (χ2v) is 17.4. The summed E-state index contributed by atoms with van der Waals surface area (Å²) >= 11 is 8.31. The molecular formula is C48H51ClN8O6S. The van der Waals surface area contributed by atoms with Crippen molar-refractivity contribution < 1.29 is 28.8 Å². The molecule has 1 fully saturated rings. The van der Waals surface area contributed by atoms with Gasteiger partial charge in [-0.2, -0.15) is 9.47 Å². The van der Waals surface area contributed by atoms with Crippen molar-refractivity contribution in [1.82, 2.24) is 38.9 Å². The molecule has 1 atom stereocenters. The third kappa shape index (κ3) is 10.1. The number of carboxylic acids is 1. The summed E-state index contributed by atoms with van der Waals surface area (Å²) in [6.07, 6.45) is 4.00. The maximum absolute atomic E-state index is 13.1. The third-order valence-corrected chi connectivity index (χ3v) is 12.4. The van der Waals surface area contributed by atoms with Gasteiger partial charge in [-0.1, -0.05) is 61.8 Å². The number of ether oxygens (including phenoxy) is 4. The van der Waals surface area contributed by atoms with Crippen molar-refractivity contribution in [1.29, 1.82) is 0 Å². The Labute approximate surface area is 381 Å². The van der Waals surface area contributed by atoms with Gasteiger partial charge in [0.2, 0.25) is 12.0 Å². The lowest BCUT2D eigenvalue weighted by Crippen LogP contribution is -2.45. The molecule has 0 aliphatic carbocycles. The van der Waals surface area contributed by atoms with Gasteiger partial charge in [-0.3, -0.25) is 14.6 Å². The average molecular weight is 904 g/mol. The van der Waals surface area contributed by atoms with Gasteiger partial charge in [0.1, 0.15) is 36.2 Å². The summed E-state index contributed by atoms with van der Waals surface area (Å²) in [6, 6.07) is 22.4. The first-order valence-electron chi connectivity index (χ1n) is 21.3. The van der Waals surface area contributed by atoms with Crippen molar-refractivity contribution >= 4 is 39.2 Å². The van der Waals surface area contributed by atoms with E-state index in [1.54, 1.807) is 31.6 Å². The molecule has 4 aromatic heterocycles. The van der Waals surface area contributed by atoms with Crippen LogP contribution in [0.25, 0.3) is 44.0 Å². The highest BCUT2D eigenvalue weighted by atomic mass is 35.5. The molecule has 0 amide bonds. The van der Waals surface area contributed by atoms with Crippen LogP contribution in [0.15, 0.2) is 91.4 Å². The van der Waals surface area contributed by atoms with Crippen LogP contribution in [-0.2, 0) is 24.4 Å². The zero-order chi connectivity index (χ0) is 44.7. The number of hydrogen-bond donors (Lipinski definition) is 1. The number of carbonyl (C=O) groups is 1. The number of carboxylic acid groups (broad SMARTS) is 1. The molecule has 16 heteroatoms. The van der Waals surface area contributed by atoms with Crippen LogP contribution in [0.5, 0.6) is 23.1 Å². The molecule has 1 saturated heterocycles. The first kappa shape index (κ1) is 44.5. The van der Waals surface area contributed by atoms with Crippen LogP contribution in [0.1, 0.15) is 30.7 Å². The highest BCUT2D eigenvalue weighted by molar-refractivity contribution is 7.13. The number of halogens is 1. The van der Waals surface area contributed by atoms with Gasteiger partial charge >= 0.3 is 5.97 Å². The number of pyridine rings is 1. The monoisotopic (exact) mass is 902 g/mol. The zero-order valence-corrected chi connectivity index (χ0v) is 38.1. The number of para-hydroxylation sites is 2. The average Bonchev–Trinajstić information content (AvgIpc) is 3.94. The van der Waals surface area contributed by atoms with E-state index in [0.717, 1.165) is 56.0 Å². The fourth-order valence-electron chi connectivity index (χ4n) is 7.73. The van der Waals surface area contributed by atoms with E-state index in [-0.39, 0.29) is 18.9 Å². The fraction of sp³-hybridized carbons (Fsp3) is 0.333. The van der Waals surface area contributed by atoms with Gasteiger partial charge in [0.25, 0.3) is 0 Å². The molecule has 14 nitrogen and oxygen atoms in total. The maximum atomic E-state index is 13.1. The van der Waals surface area contributed by atoms with E-state index in [4.69, 9.17) is 50.0 Å². The molecule has 0 unspecified atom stereocenters. The summed E-state index contributed by atoms with van der Waals surface area (Å²) in [7, 11) is 3.75. The molecular weight excluding hydrogens is 852 g/mol. The van der Waals surface area contributed by atoms with E-state index in [9.17, 15) is 9.90 Å². The Kier molecular flexibility index (Phi) is 14.0. The molecule has 0 saturated carbocycles. The summed E-state index contributed by atoms with van der Waals surface area (Å²) in [5.74, 6) is 1.63. The summed E-state index contributed by atoms with van der Waals surface area (Å²) < 4.78 is 31.8. The highest BCUT2D eigenvalue weighted by Gasteiger charge is 2.29. The number of hydrogen-bond acceptors (Lipinski definition) is 13. The van der Waals surface area contributed by atoms with Gasteiger partial charge < -0.3 is 29.0 Å². The van der Waals surface area contributed by atoms with Crippen LogP contribution in [0.2, 0.25) is 5.02 Å². The Hall–Kier alpha value is -6.13. The van der Waals surface area contributed by atoms with E-state index < -0.39 is 12.1 Å². The number of piperazine rings is 1. The van der Waals surface area contributed by atoms with Gasteiger partial charge in [-0.05, 0) is 84.5 Å². The third-order valence-electron chi connectivity index (χ3n) is 11.1. The number of nitrogens with zero attached hydrogens (tertiary/aromatic N) is 8. The molecule has 64 heavy (non-hydrogen) atoms. The second kappa shape index (κ2) is 20.1. The minimum absolute atomic E-state index is 0.0152. The predicted molar refractivity (Wildman–Crippen MR) is 249 cm³/mol. The summed E-state index contributed by atoms with van der Waals surface area (Å²) in [5.41, 5.74) is 5.50. The Morgan fingerprint density at radius 2 is 1.70 bits per heavy atom. The number of fused-ring (bicyclic) bond motifs is 1. The molecule has 8 rings (SSSR count). The Morgan fingerprint density at radius 3 is 2.48 bits per heavy atom. The van der Waals surface area contributed by atoms with Crippen molar-refractivity contribution in [3.8, 4) is 57.0 Å². The summed E-state index contributed by atoms with van der Waals surface area (Å²) in [6.45, 7) is 12.4. The van der Waals surface area contributed by atoms with Crippen LogP contribution >= 0.6 is 23.1 Å². The van der Waals surface area contributed by atoms with E-state index in [0.29, 0.717) is 78.9 Å². The largest absolute Gasteiger partial charge is 0.496 e. The van der Waals surface area contributed by atoms with Crippen LogP contribution in [-0.4, -0.2) is 110 Å². The minimum Gasteiger partial charge on any atom is -0.496 e. The Balaban J connectivity index is 1.09. The van der Waals surface area contributed by atoms with Gasteiger partial charge in [-0.25, -0.2) is 14.8 Å². The lowest BCUT2D eigenvalue weighted by molar-refractivity contribution is -0.145. The van der Waals surface area contributed by atoms with Gasteiger partial charge in [0, 0.05) is 69.8 Å². The van der Waals surface area contributed by atoms with Crippen molar-refractivity contribution in [3.05, 3.63) is 113 Å². The van der Waals surface area contributed by atoms with Gasteiger partial charge in [-0.15, -0.1) is 0 Å². The molecule has 332 valence electrons. The predicted octanol–water partition coefficient (Wildman–Crippen LogP) is 8.59. The molecule has 0 spiro atoms. The standard InChI is InChI=1S/C48H51ClN8O6S/c1-30(2)28-57-19-17-36(53-57)45-42(34-14-15-39(44(49)31(34)3)61-25-24-56-22-20-55(4)21-23-56)43-41(27-51-45)64-54-47(43)63-40(48(58)59)26-32-10-6-8-12-37(32)62-29-33-16-18-50-46(52-33)35-11-7-9-13-38(35)60-5/h6-19,27,30,40H,20-26,28-29H2,1-5H3,(H,58,59)/t40-/m1/s1. The number of aliphatic carboxylic acids is 1. The van der Waals surface area contributed by atoms with Crippen molar-refractivity contribution in [2.45, 2.75) is 46.4 Å². The van der Waals surface area contributed by atoms with E-state index in [1.807, 2.05) is 78.5 Å². The molecule has 3 aromatic carbocycles. The van der Waals surface area contributed by atoms with Gasteiger partial charge in [0.15, 0.2) is 5.82 Å². The van der Waals surface area contributed by atoms with E-state index >= 15 is 0 Å². The first-order chi connectivity index (χ1) is 31.1. The van der Waals surface area contributed by atoms with Crippen molar-refractivity contribution in [2.24, 2.45) is 5.92 Å². The molecule has 1 aliphatic heterocycles. The van der Waals surface area contributed by atoms with Crippen LogP contribution < -0.4 is 18.9 Å². The van der Waals surface area contributed by atoms with E-state index in [2.05, 4.69) is 35.7 Å². The van der Waals surface area contributed by atoms with Crippen molar-refractivity contribution in [3.63, 3.8) is 0 Å². The van der Waals surface area contributed by atoms with E-state index in [1.165, 1.54) is 11.5 Å². The number of methoxy groups -OCH3 is 1. The Morgan fingerprint density at radius 1 is 0.922 bits per heavy atom. The van der Waals surface area contributed by atoms with Crippen molar-refractivity contribution in [2.75, 3.05) is 53.5 Å². The first-order valence-corrected chi connectivity index (χ1v) is 22.4. The lowest BCUT2D eigenvalue weighted by Gasteiger charge is -2.32. The normalized spacial score (nSPS) is 13.9. The van der Waals surface area contributed by atoms with Crippen LogP contribution in [0.4, 0.5) is 0 Å². The fourth-order valence-corrected chi connectivity index (χ4v) is 8.64. The summed E-state index contributed by atoms with van der Waals surface area (Å²) in [5, 5.41) is 16.7. The Bertz CT molecular complexity index is 2740. The molecule has 0 bridgehead atoms. The second-order valence-electron chi connectivity index (χ2n) is 16.2. The highest BCUT2D eigenvalue weighted by Crippen LogP contribution is 2.46. The number of likely N-dealkylation sites (N-methyl/N-ethyl adjacent to an activating group) is 1. The lowest BCUT2D eigenvalue weighted by atomic mass is 9.95. The smallest absolute Gasteiger partial charge is 0.345 e. The van der Waals surface area contributed by atoms with Crippen LogP contribution in [0, 0.1) is 12.8 Å².